The zero-order valence-electron chi connectivity index (χ0n) is 15.9. The average Bonchev–Trinajstić information content (AvgIpc) is 3.42. The minimum absolute atomic E-state index is 0.0693. The van der Waals surface area contributed by atoms with Gasteiger partial charge in [0, 0.05) is 44.9 Å². The van der Waals surface area contributed by atoms with E-state index in [1.807, 2.05) is 18.2 Å². The molecule has 1 spiro atoms. The molecule has 0 saturated carbocycles. The monoisotopic (exact) mass is 398 g/mol. The zero-order valence-corrected chi connectivity index (χ0v) is 15.9. The van der Waals surface area contributed by atoms with Gasteiger partial charge in [-0.3, -0.25) is 4.79 Å². The van der Waals surface area contributed by atoms with Gasteiger partial charge >= 0.3 is 0 Å². The number of fused-ring (bicyclic) bond motifs is 1. The van der Waals surface area contributed by atoms with Gasteiger partial charge in [-0.05, 0) is 17.7 Å². The molecular formula is C20H22N4O5. The van der Waals surface area contributed by atoms with Gasteiger partial charge in [0.2, 0.25) is 12.7 Å². The van der Waals surface area contributed by atoms with E-state index in [0.717, 1.165) is 17.1 Å². The third-order valence-electron chi connectivity index (χ3n) is 5.41. The Hall–Kier alpha value is -2.91. The summed E-state index contributed by atoms with van der Waals surface area (Å²) in [6.07, 6.45) is 4.50. The molecule has 1 N–H and O–H groups in total. The van der Waals surface area contributed by atoms with Gasteiger partial charge in [0.1, 0.15) is 0 Å². The van der Waals surface area contributed by atoms with Crippen LogP contribution in [0.3, 0.4) is 0 Å². The first-order valence-electron chi connectivity index (χ1n) is 9.72. The van der Waals surface area contributed by atoms with Crippen molar-refractivity contribution in [3.8, 4) is 11.5 Å². The Labute approximate surface area is 167 Å². The number of likely N-dealkylation sites (tertiary alicyclic amines) is 1. The molecule has 152 valence electrons. The van der Waals surface area contributed by atoms with Crippen molar-refractivity contribution < 1.29 is 23.7 Å². The minimum Gasteiger partial charge on any atom is -0.454 e. The maximum absolute atomic E-state index is 12.7. The number of rotatable bonds is 4. The normalized spacial score (nSPS) is 19.5. The molecule has 9 heteroatoms. The fourth-order valence-electron chi connectivity index (χ4n) is 3.78. The third-order valence-corrected chi connectivity index (χ3v) is 5.41. The first kappa shape index (κ1) is 18.1. The number of carbonyl (C=O) groups is 1. The van der Waals surface area contributed by atoms with Gasteiger partial charge in [-0.1, -0.05) is 6.07 Å². The predicted molar refractivity (Wildman–Crippen MR) is 102 cm³/mol. The summed E-state index contributed by atoms with van der Waals surface area (Å²) in [5.74, 6) is 1.39. The summed E-state index contributed by atoms with van der Waals surface area (Å²) in [6.45, 7) is 3.25. The van der Waals surface area contributed by atoms with Crippen LogP contribution in [0.2, 0.25) is 0 Å². The molecule has 2 saturated heterocycles. The summed E-state index contributed by atoms with van der Waals surface area (Å²) in [6, 6.07) is 5.76. The van der Waals surface area contributed by atoms with Gasteiger partial charge < -0.3 is 29.2 Å². The summed E-state index contributed by atoms with van der Waals surface area (Å²) in [4.78, 5) is 23.1. The van der Waals surface area contributed by atoms with Crippen molar-refractivity contribution in [2.45, 2.75) is 25.2 Å². The number of anilines is 1. The van der Waals surface area contributed by atoms with E-state index in [1.54, 1.807) is 17.3 Å². The van der Waals surface area contributed by atoms with E-state index < -0.39 is 5.79 Å². The van der Waals surface area contributed by atoms with E-state index >= 15 is 0 Å². The van der Waals surface area contributed by atoms with Crippen molar-refractivity contribution in [1.82, 2.24) is 14.9 Å². The molecular weight excluding hydrogens is 376 g/mol. The molecule has 5 rings (SSSR count). The lowest BCUT2D eigenvalue weighted by Crippen LogP contribution is -2.47. The smallest absolute Gasteiger partial charge is 0.256 e. The molecule has 0 aliphatic carbocycles. The number of ether oxygens (including phenoxy) is 4. The molecule has 1 aromatic carbocycles. The van der Waals surface area contributed by atoms with Crippen LogP contribution in [-0.2, 0) is 16.0 Å². The molecule has 2 fully saturated rings. The van der Waals surface area contributed by atoms with Crippen LogP contribution in [0.15, 0.2) is 30.6 Å². The van der Waals surface area contributed by atoms with Gasteiger partial charge in [-0.15, -0.1) is 0 Å². The molecule has 29 heavy (non-hydrogen) atoms. The Kier molecular flexibility index (Phi) is 4.69. The maximum atomic E-state index is 12.7. The topological polar surface area (TPSA) is 95.0 Å². The largest absolute Gasteiger partial charge is 0.454 e. The van der Waals surface area contributed by atoms with Gasteiger partial charge in [0.15, 0.2) is 17.3 Å². The highest BCUT2D eigenvalue weighted by atomic mass is 16.7. The Bertz CT molecular complexity index is 888. The second kappa shape index (κ2) is 7.49. The number of nitrogens with one attached hydrogen (secondary N) is 1. The zero-order chi connectivity index (χ0) is 19.7. The number of hydrogen-bond acceptors (Lipinski definition) is 8. The number of aromatic nitrogens is 2. The molecule has 9 nitrogen and oxygen atoms in total. The number of amides is 1. The van der Waals surface area contributed by atoms with Crippen molar-refractivity contribution in [2.75, 3.05) is 38.4 Å². The standard InChI is InChI=1S/C20H22N4O5/c25-18(24-5-3-20(4-6-24)28-7-8-29-20)15-11-22-19(23-12-15)21-10-14-1-2-16-17(9-14)27-13-26-16/h1-2,9,11-12H,3-8,10,13H2,(H,21,22,23). The fraction of sp³-hybridized carbons (Fsp3) is 0.450. The number of carbonyl (C=O) groups excluding carboxylic acids is 1. The van der Waals surface area contributed by atoms with E-state index in [-0.39, 0.29) is 12.7 Å². The summed E-state index contributed by atoms with van der Waals surface area (Å²) < 4.78 is 22.1. The van der Waals surface area contributed by atoms with Crippen LogP contribution >= 0.6 is 0 Å². The Morgan fingerprint density at radius 1 is 1.07 bits per heavy atom. The molecule has 0 radical (unpaired) electrons. The van der Waals surface area contributed by atoms with Crippen LogP contribution in [-0.4, -0.2) is 59.7 Å². The summed E-state index contributed by atoms with van der Waals surface area (Å²) in [5, 5.41) is 3.15. The Balaban J connectivity index is 1.16. The minimum atomic E-state index is -0.490. The van der Waals surface area contributed by atoms with E-state index in [4.69, 9.17) is 18.9 Å². The maximum Gasteiger partial charge on any atom is 0.256 e. The van der Waals surface area contributed by atoms with E-state index in [1.165, 1.54) is 0 Å². The predicted octanol–water partition coefficient (Wildman–Crippen LogP) is 1.80. The number of hydrogen-bond donors (Lipinski definition) is 1. The fourth-order valence-corrected chi connectivity index (χ4v) is 3.78. The number of piperidine rings is 1. The first-order valence-corrected chi connectivity index (χ1v) is 9.72. The Morgan fingerprint density at radius 3 is 2.55 bits per heavy atom. The van der Waals surface area contributed by atoms with E-state index in [9.17, 15) is 4.79 Å². The second-order valence-electron chi connectivity index (χ2n) is 7.24. The summed E-state index contributed by atoms with van der Waals surface area (Å²) in [5.41, 5.74) is 1.50. The molecule has 0 bridgehead atoms. The van der Waals surface area contributed by atoms with E-state index in [2.05, 4.69) is 15.3 Å². The SMILES string of the molecule is O=C(c1cnc(NCc2ccc3c(c2)OCO3)nc1)N1CCC2(CC1)OCCO2. The molecule has 0 unspecified atom stereocenters. The molecule has 3 aliphatic heterocycles. The average molecular weight is 398 g/mol. The summed E-state index contributed by atoms with van der Waals surface area (Å²) >= 11 is 0. The number of benzene rings is 1. The van der Waals surface area contributed by atoms with Gasteiger partial charge in [0.05, 0.1) is 18.8 Å². The number of nitrogens with zero attached hydrogens (tertiary/aromatic N) is 3. The molecule has 3 aliphatic rings. The molecule has 1 amide bonds. The summed E-state index contributed by atoms with van der Waals surface area (Å²) in [7, 11) is 0. The lowest BCUT2D eigenvalue weighted by molar-refractivity contribution is -0.181. The lowest BCUT2D eigenvalue weighted by atomic mass is 10.0. The second-order valence-corrected chi connectivity index (χ2v) is 7.24. The molecule has 1 aromatic heterocycles. The molecule has 2 aromatic rings. The highest BCUT2D eigenvalue weighted by Gasteiger charge is 2.40. The lowest BCUT2D eigenvalue weighted by Gasteiger charge is -2.37. The van der Waals surface area contributed by atoms with Crippen molar-refractivity contribution in [2.24, 2.45) is 0 Å². The molecule has 0 atom stereocenters. The van der Waals surface area contributed by atoms with Gasteiger partial charge in [0.25, 0.3) is 5.91 Å². The quantitative estimate of drug-likeness (QED) is 0.833. The van der Waals surface area contributed by atoms with Gasteiger partial charge in [-0.25, -0.2) is 9.97 Å². The molecule has 4 heterocycles. The highest BCUT2D eigenvalue weighted by molar-refractivity contribution is 5.93. The van der Waals surface area contributed by atoms with Crippen LogP contribution in [0.4, 0.5) is 5.95 Å². The van der Waals surface area contributed by atoms with Crippen LogP contribution in [0.1, 0.15) is 28.8 Å². The van der Waals surface area contributed by atoms with Crippen LogP contribution in [0.25, 0.3) is 0 Å². The van der Waals surface area contributed by atoms with Crippen molar-refractivity contribution in [3.05, 3.63) is 41.7 Å². The van der Waals surface area contributed by atoms with Crippen molar-refractivity contribution >= 4 is 11.9 Å². The Morgan fingerprint density at radius 2 is 1.79 bits per heavy atom. The van der Waals surface area contributed by atoms with Crippen molar-refractivity contribution in [1.29, 1.82) is 0 Å². The highest BCUT2D eigenvalue weighted by Crippen LogP contribution is 2.33. The van der Waals surface area contributed by atoms with Gasteiger partial charge in [-0.2, -0.15) is 0 Å². The van der Waals surface area contributed by atoms with Crippen molar-refractivity contribution in [3.63, 3.8) is 0 Å². The van der Waals surface area contributed by atoms with Crippen LogP contribution in [0, 0.1) is 0 Å². The van der Waals surface area contributed by atoms with Crippen LogP contribution < -0.4 is 14.8 Å². The third kappa shape index (κ3) is 3.70. The van der Waals surface area contributed by atoms with E-state index in [0.29, 0.717) is 57.2 Å². The first-order chi connectivity index (χ1) is 14.2. The van der Waals surface area contributed by atoms with Crippen LogP contribution in [0.5, 0.6) is 11.5 Å².